The first-order chi connectivity index (χ1) is 26.7. The fraction of sp³-hybridized carbons (Fsp3) is 0.818. The maximum atomic E-state index is 12.6. The Labute approximate surface area is 335 Å². The van der Waals surface area contributed by atoms with E-state index in [9.17, 15) is 24.2 Å². The van der Waals surface area contributed by atoms with Crippen LogP contribution in [0.15, 0.2) is 36.5 Å². The minimum absolute atomic E-state index is 0.137. The minimum Gasteiger partial charge on any atom is -0.462 e. The highest BCUT2D eigenvalue weighted by Crippen LogP contribution is 2.43. The molecule has 55 heavy (non-hydrogen) atoms. The fourth-order valence-electron chi connectivity index (χ4n) is 5.88. The lowest BCUT2D eigenvalue weighted by Crippen LogP contribution is -2.29. The zero-order valence-electron chi connectivity index (χ0n) is 34.9. The second-order valence-corrected chi connectivity index (χ2v) is 16.2. The van der Waals surface area contributed by atoms with E-state index < -0.39 is 51.8 Å². The molecule has 1 unspecified atom stereocenters. The fourth-order valence-corrected chi connectivity index (χ4v) is 6.67. The van der Waals surface area contributed by atoms with Crippen molar-refractivity contribution < 1.29 is 47.8 Å². The van der Waals surface area contributed by atoms with Gasteiger partial charge in [0.1, 0.15) is 12.7 Å². The second-order valence-electron chi connectivity index (χ2n) is 14.7. The number of hydrogen-bond acceptors (Lipinski definition) is 9. The lowest BCUT2D eigenvalue weighted by molar-refractivity contribution is -0.161. The molecule has 0 bridgehead atoms. The summed E-state index contributed by atoms with van der Waals surface area (Å²) in [6, 6.07) is 0. The summed E-state index contributed by atoms with van der Waals surface area (Å²) in [6.45, 7) is 2.32. The van der Waals surface area contributed by atoms with Crippen LogP contribution < -0.4 is 0 Å². The molecule has 0 amide bonds. The lowest BCUT2D eigenvalue weighted by atomic mass is 10.0. The van der Waals surface area contributed by atoms with Gasteiger partial charge in [-0.15, -0.1) is 0 Å². The Morgan fingerprint density at radius 1 is 0.545 bits per heavy atom. The Morgan fingerprint density at radius 3 is 1.45 bits per heavy atom. The van der Waals surface area contributed by atoms with Crippen LogP contribution in [0.2, 0.25) is 0 Å². The zero-order valence-corrected chi connectivity index (χ0v) is 35.8. The first-order valence-corrected chi connectivity index (χ1v) is 23.4. The van der Waals surface area contributed by atoms with Gasteiger partial charge in [0.2, 0.25) is 0 Å². The van der Waals surface area contributed by atoms with Crippen molar-refractivity contribution in [3.8, 4) is 0 Å². The lowest BCUT2D eigenvalue weighted by Gasteiger charge is -2.20. The summed E-state index contributed by atoms with van der Waals surface area (Å²) in [4.78, 5) is 35.0. The van der Waals surface area contributed by atoms with Gasteiger partial charge in [0.05, 0.1) is 19.8 Å². The van der Waals surface area contributed by atoms with Crippen molar-refractivity contribution >= 4 is 19.8 Å². The number of carbonyl (C=O) groups is 2. The van der Waals surface area contributed by atoms with Crippen molar-refractivity contribution in [2.45, 2.75) is 206 Å². The molecule has 0 aliphatic carbocycles. The normalized spacial score (nSPS) is 14.2. The van der Waals surface area contributed by atoms with Gasteiger partial charge in [0, 0.05) is 12.8 Å². The molecular weight excluding hydrogens is 719 g/mol. The number of phosphoric acid groups is 1. The molecule has 0 rings (SSSR count). The molecule has 0 heterocycles. The van der Waals surface area contributed by atoms with Crippen LogP contribution in [-0.2, 0) is 32.7 Å². The van der Waals surface area contributed by atoms with Crippen molar-refractivity contribution in [3.05, 3.63) is 36.5 Å². The van der Waals surface area contributed by atoms with E-state index in [2.05, 4.69) is 54.8 Å². The molecule has 0 aromatic heterocycles. The Kier molecular flexibility index (Phi) is 39.1. The van der Waals surface area contributed by atoms with E-state index in [0.717, 1.165) is 51.4 Å². The highest BCUT2D eigenvalue weighted by atomic mass is 31.2. The van der Waals surface area contributed by atoms with Crippen LogP contribution >= 0.6 is 7.82 Å². The van der Waals surface area contributed by atoms with Gasteiger partial charge in [-0.3, -0.25) is 18.6 Å². The number of aliphatic hydroxyl groups excluding tert-OH is 2. The highest BCUT2D eigenvalue weighted by Gasteiger charge is 2.27. The molecule has 322 valence electrons. The van der Waals surface area contributed by atoms with Gasteiger partial charge < -0.3 is 24.6 Å². The average molecular weight is 801 g/mol. The Bertz CT molecular complexity index is 1010. The number of esters is 2. The predicted octanol–water partition coefficient (Wildman–Crippen LogP) is 11.6. The molecule has 0 saturated carbocycles. The van der Waals surface area contributed by atoms with Crippen LogP contribution in [-0.4, -0.2) is 65.7 Å². The first kappa shape index (κ1) is 53.2. The predicted molar refractivity (Wildman–Crippen MR) is 224 cm³/mol. The third-order valence-corrected chi connectivity index (χ3v) is 10.2. The number of ether oxygens (including phenoxy) is 2. The van der Waals surface area contributed by atoms with Crippen LogP contribution in [0.25, 0.3) is 0 Å². The summed E-state index contributed by atoms with van der Waals surface area (Å²) in [5.74, 6) is -0.964. The third-order valence-electron chi connectivity index (χ3n) is 9.30. The van der Waals surface area contributed by atoms with Crippen LogP contribution in [0.4, 0.5) is 0 Å². The molecule has 11 heteroatoms. The molecule has 0 aromatic rings. The van der Waals surface area contributed by atoms with Gasteiger partial charge in [-0.2, -0.15) is 0 Å². The number of rotatable bonds is 41. The van der Waals surface area contributed by atoms with E-state index in [4.69, 9.17) is 19.1 Å². The number of hydrogen-bond donors (Lipinski definition) is 3. The monoisotopic (exact) mass is 801 g/mol. The van der Waals surface area contributed by atoms with Crippen molar-refractivity contribution in [2.24, 2.45) is 0 Å². The van der Waals surface area contributed by atoms with Crippen LogP contribution in [0, 0.1) is 0 Å². The number of carbonyl (C=O) groups excluding carboxylic acids is 2. The molecular formula is C44H81O10P. The molecule has 0 spiro atoms. The zero-order chi connectivity index (χ0) is 40.5. The van der Waals surface area contributed by atoms with E-state index in [1.54, 1.807) is 0 Å². The third kappa shape index (κ3) is 40.2. The van der Waals surface area contributed by atoms with E-state index in [0.29, 0.717) is 12.8 Å². The van der Waals surface area contributed by atoms with Gasteiger partial charge in [0.25, 0.3) is 0 Å². The summed E-state index contributed by atoms with van der Waals surface area (Å²) in [5.41, 5.74) is 0. The molecule has 0 aromatic carbocycles. The van der Waals surface area contributed by atoms with Crippen LogP contribution in [0.1, 0.15) is 194 Å². The summed E-state index contributed by atoms with van der Waals surface area (Å²) < 4.78 is 32.7. The SMILES string of the molecule is CCCCC/C=C\C/C=C\C/C=C\CCCCC(=O)O[C@H](COC(=O)CCCCCCCCCCCCCCCCCCC)COP(=O)(O)OC[C@@H](O)CO. The highest BCUT2D eigenvalue weighted by molar-refractivity contribution is 7.47. The smallest absolute Gasteiger partial charge is 0.462 e. The van der Waals surface area contributed by atoms with E-state index in [1.807, 2.05) is 0 Å². The number of aliphatic hydroxyl groups is 2. The van der Waals surface area contributed by atoms with Crippen molar-refractivity contribution in [1.29, 1.82) is 0 Å². The van der Waals surface area contributed by atoms with Crippen molar-refractivity contribution in [3.63, 3.8) is 0 Å². The number of allylic oxidation sites excluding steroid dienone is 6. The Balaban J connectivity index is 4.32. The minimum atomic E-state index is -4.62. The van der Waals surface area contributed by atoms with Crippen LogP contribution in [0.3, 0.4) is 0 Å². The van der Waals surface area contributed by atoms with E-state index in [-0.39, 0.29) is 19.4 Å². The quantitative estimate of drug-likeness (QED) is 0.0236. The Morgan fingerprint density at radius 2 is 0.945 bits per heavy atom. The standard InChI is InChI=1S/C44H81O10P/c1-3-5-7-9-11-13-15-17-19-20-22-23-25-27-29-31-33-35-43(47)51-39-42(40-53-55(49,50)52-38-41(46)37-45)54-44(48)36-34-32-30-28-26-24-21-18-16-14-12-10-8-6-4-2/h12,14,18,21,26,28,41-42,45-46H,3-11,13,15-17,19-20,22-25,27,29-40H2,1-2H3,(H,49,50)/b14-12-,21-18-,28-26-/t41-,42+/m0/s1. The van der Waals surface area contributed by atoms with E-state index in [1.165, 1.54) is 103 Å². The van der Waals surface area contributed by atoms with Gasteiger partial charge in [-0.25, -0.2) is 4.57 Å². The summed E-state index contributed by atoms with van der Waals surface area (Å²) >= 11 is 0. The molecule has 3 N–H and O–H groups in total. The summed E-state index contributed by atoms with van der Waals surface area (Å²) in [6.07, 6.45) is 41.1. The van der Waals surface area contributed by atoms with Crippen molar-refractivity contribution in [1.82, 2.24) is 0 Å². The maximum absolute atomic E-state index is 12.6. The summed E-state index contributed by atoms with van der Waals surface area (Å²) in [7, 11) is -4.62. The molecule has 3 atom stereocenters. The Hall–Kier alpha value is -1.81. The second kappa shape index (κ2) is 40.4. The molecule has 0 saturated heterocycles. The summed E-state index contributed by atoms with van der Waals surface area (Å²) in [5, 5.41) is 18.3. The van der Waals surface area contributed by atoms with Gasteiger partial charge in [0.15, 0.2) is 6.10 Å². The van der Waals surface area contributed by atoms with Gasteiger partial charge in [-0.1, -0.05) is 166 Å². The van der Waals surface area contributed by atoms with Crippen LogP contribution in [0.5, 0.6) is 0 Å². The molecule has 0 fully saturated rings. The first-order valence-electron chi connectivity index (χ1n) is 21.9. The number of unbranched alkanes of at least 4 members (excludes halogenated alkanes) is 21. The molecule has 0 radical (unpaired) electrons. The topological polar surface area (TPSA) is 149 Å². The molecule has 0 aliphatic rings. The molecule has 0 aliphatic heterocycles. The molecule has 10 nitrogen and oxygen atoms in total. The van der Waals surface area contributed by atoms with Gasteiger partial charge in [-0.05, 0) is 51.4 Å². The maximum Gasteiger partial charge on any atom is 0.472 e. The largest absolute Gasteiger partial charge is 0.472 e. The average Bonchev–Trinajstić information content (AvgIpc) is 3.17. The van der Waals surface area contributed by atoms with Gasteiger partial charge >= 0.3 is 19.8 Å². The number of phosphoric ester groups is 1. The van der Waals surface area contributed by atoms with E-state index >= 15 is 0 Å². The van der Waals surface area contributed by atoms with Crippen molar-refractivity contribution in [2.75, 3.05) is 26.4 Å².